The summed E-state index contributed by atoms with van der Waals surface area (Å²) < 4.78 is 13.3. The molecule has 1 unspecified atom stereocenters. The maximum atomic E-state index is 13.3. The van der Waals surface area contributed by atoms with Gasteiger partial charge in [-0.3, -0.25) is 9.79 Å². The van der Waals surface area contributed by atoms with E-state index in [1.165, 1.54) is 6.07 Å². The molecule has 0 spiro atoms. The SMILES string of the molecule is CN=C(NCc1ccc(F)c(C)c1)NC1CCN(C(=O)C(C)C)C1.I. The maximum Gasteiger partial charge on any atom is 0.225 e. The lowest BCUT2D eigenvalue weighted by Gasteiger charge is -2.20. The van der Waals surface area contributed by atoms with Crippen LogP contribution in [0.2, 0.25) is 0 Å². The van der Waals surface area contributed by atoms with Crippen molar-refractivity contribution in [1.29, 1.82) is 0 Å². The van der Waals surface area contributed by atoms with Crippen LogP contribution in [0, 0.1) is 18.7 Å². The van der Waals surface area contributed by atoms with Crippen LogP contribution in [-0.2, 0) is 11.3 Å². The number of carbonyl (C=O) groups is 1. The predicted octanol–water partition coefficient (Wildman–Crippen LogP) is 2.67. The molecule has 1 fully saturated rings. The molecule has 140 valence electrons. The summed E-state index contributed by atoms with van der Waals surface area (Å²) in [6.45, 7) is 7.66. The van der Waals surface area contributed by atoms with Gasteiger partial charge in [-0.25, -0.2) is 4.39 Å². The van der Waals surface area contributed by atoms with Crippen LogP contribution in [0.1, 0.15) is 31.4 Å². The number of halogens is 2. The van der Waals surface area contributed by atoms with Crippen LogP contribution in [0.5, 0.6) is 0 Å². The number of benzene rings is 1. The number of hydrogen-bond acceptors (Lipinski definition) is 2. The summed E-state index contributed by atoms with van der Waals surface area (Å²) in [6.07, 6.45) is 0.912. The molecule has 0 bridgehead atoms. The molecular weight excluding hydrogens is 434 g/mol. The molecule has 2 rings (SSSR count). The van der Waals surface area contributed by atoms with Crippen molar-refractivity contribution in [3.8, 4) is 0 Å². The summed E-state index contributed by atoms with van der Waals surface area (Å²) in [5.74, 6) is 0.731. The van der Waals surface area contributed by atoms with Gasteiger partial charge in [-0.05, 0) is 30.5 Å². The Morgan fingerprint density at radius 1 is 1.44 bits per heavy atom. The fourth-order valence-corrected chi connectivity index (χ4v) is 2.83. The average Bonchev–Trinajstić information content (AvgIpc) is 3.02. The Morgan fingerprint density at radius 3 is 2.76 bits per heavy atom. The smallest absolute Gasteiger partial charge is 0.225 e. The first-order valence-corrected chi connectivity index (χ1v) is 8.41. The van der Waals surface area contributed by atoms with Gasteiger partial charge in [0.25, 0.3) is 0 Å². The summed E-state index contributed by atoms with van der Waals surface area (Å²) in [4.78, 5) is 18.2. The largest absolute Gasteiger partial charge is 0.352 e. The van der Waals surface area contributed by atoms with Gasteiger partial charge in [0.2, 0.25) is 5.91 Å². The van der Waals surface area contributed by atoms with E-state index in [2.05, 4.69) is 15.6 Å². The molecule has 1 aliphatic heterocycles. The number of aliphatic imine (C=N–C) groups is 1. The van der Waals surface area contributed by atoms with Crippen molar-refractivity contribution >= 4 is 35.8 Å². The summed E-state index contributed by atoms with van der Waals surface area (Å²) in [5.41, 5.74) is 1.63. The Morgan fingerprint density at radius 2 is 2.16 bits per heavy atom. The third-order valence-electron chi connectivity index (χ3n) is 4.24. The Balaban J connectivity index is 0.00000312. The molecule has 2 N–H and O–H groups in total. The van der Waals surface area contributed by atoms with Crippen LogP contribution < -0.4 is 10.6 Å². The van der Waals surface area contributed by atoms with Gasteiger partial charge >= 0.3 is 0 Å². The zero-order valence-electron chi connectivity index (χ0n) is 15.3. The zero-order valence-corrected chi connectivity index (χ0v) is 17.6. The Hall–Kier alpha value is -1.38. The number of amides is 1. The molecule has 1 heterocycles. The molecule has 25 heavy (non-hydrogen) atoms. The summed E-state index contributed by atoms with van der Waals surface area (Å²) in [5, 5.41) is 6.60. The van der Waals surface area contributed by atoms with E-state index in [1.54, 1.807) is 20.0 Å². The van der Waals surface area contributed by atoms with E-state index >= 15 is 0 Å². The molecule has 1 aromatic rings. The molecule has 7 heteroatoms. The van der Waals surface area contributed by atoms with Gasteiger partial charge in [-0.1, -0.05) is 26.0 Å². The van der Waals surface area contributed by atoms with E-state index in [0.717, 1.165) is 18.5 Å². The molecule has 1 aromatic carbocycles. The van der Waals surface area contributed by atoms with Crippen LogP contribution in [0.25, 0.3) is 0 Å². The second kappa shape index (κ2) is 9.94. The number of likely N-dealkylation sites (tertiary alicyclic amines) is 1. The summed E-state index contributed by atoms with van der Waals surface area (Å²) >= 11 is 0. The quantitative estimate of drug-likeness (QED) is 0.411. The third-order valence-corrected chi connectivity index (χ3v) is 4.24. The molecule has 0 aliphatic carbocycles. The topological polar surface area (TPSA) is 56.7 Å². The zero-order chi connectivity index (χ0) is 17.7. The van der Waals surface area contributed by atoms with Crippen LogP contribution in [0.3, 0.4) is 0 Å². The van der Waals surface area contributed by atoms with Gasteiger partial charge in [-0.2, -0.15) is 0 Å². The van der Waals surface area contributed by atoms with E-state index in [1.807, 2.05) is 24.8 Å². The van der Waals surface area contributed by atoms with Crippen LogP contribution in [-0.4, -0.2) is 42.9 Å². The number of aryl methyl sites for hydroxylation is 1. The Labute approximate surface area is 166 Å². The molecule has 0 saturated carbocycles. The molecule has 1 saturated heterocycles. The molecule has 1 aliphatic rings. The van der Waals surface area contributed by atoms with E-state index in [4.69, 9.17) is 0 Å². The van der Waals surface area contributed by atoms with E-state index in [-0.39, 0.29) is 47.7 Å². The van der Waals surface area contributed by atoms with E-state index in [9.17, 15) is 9.18 Å². The lowest BCUT2D eigenvalue weighted by atomic mass is 10.1. The van der Waals surface area contributed by atoms with Gasteiger partial charge in [-0.15, -0.1) is 24.0 Å². The highest BCUT2D eigenvalue weighted by molar-refractivity contribution is 14.0. The van der Waals surface area contributed by atoms with Gasteiger partial charge in [0, 0.05) is 38.6 Å². The first kappa shape index (κ1) is 21.7. The van der Waals surface area contributed by atoms with Crippen molar-refractivity contribution in [2.75, 3.05) is 20.1 Å². The molecule has 1 amide bonds. The lowest BCUT2D eigenvalue weighted by Crippen LogP contribution is -2.45. The highest BCUT2D eigenvalue weighted by Gasteiger charge is 2.27. The van der Waals surface area contributed by atoms with Gasteiger partial charge < -0.3 is 15.5 Å². The number of nitrogens with one attached hydrogen (secondary N) is 2. The minimum Gasteiger partial charge on any atom is -0.352 e. The average molecular weight is 462 g/mol. The fourth-order valence-electron chi connectivity index (χ4n) is 2.83. The predicted molar refractivity (Wildman–Crippen MR) is 110 cm³/mol. The first-order chi connectivity index (χ1) is 11.4. The molecular formula is C18H28FIN4O. The second-order valence-electron chi connectivity index (χ2n) is 6.58. The molecule has 1 atom stereocenters. The number of hydrogen-bond donors (Lipinski definition) is 2. The van der Waals surface area contributed by atoms with Gasteiger partial charge in [0.05, 0.1) is 0 Å². The minimum absolute atomic E-state index is 0. The van der Waals surface area contributed by atoms with Crippen molar-refractivity contribution in [3.05, 3.63) is 35.1 Å². The highest BCUT2D eigenvalue weighted by Crippen LogP contribution is 2.13. The highest BCUT2D eigenvalue weighted by atomic mass is 127. The third kappa shape index (κ3) is 6.13. The van der Waals surface area contributed by atoms with Crippen LogP contribution in [0.4, 0.5) is 4.39 Å². The molecule has 0 aromatic heterocycles. The van der Waals surface area contributed by atoms with Crippen LogP contribution in [0.15, 0.2) is 23.2 Å². The normalized spacial score (nSPS) is 17.4. The number of carbonyl (C=O) groups excluding carboxylic acids is 1. The fraction of sp³-hybridized carbons (Fsp3) is 0.556. The molecule has 5 nitrogen and oxygen atoms in total. The van der Waals surface area contributed by atoms with Crippen molar-refractivity contribution in [3.63, 3.8) is 0 Å². The van der Waals surface area contributed by atoms with Gasteiger partial charge in [0.1, 0.15) is 5.82 Å². The number of guanidine groups is 1. The van der Waals surface area contributed by atoms with Crippen molar-refractivity contribution in [1.82, 2.24) is 15.5 Å². The van der Waals surface area contributed by atoms with Crippen molar-refractivity contribution < 1.29 is 9.18 Å². The summed E-state index contributed by atoms with van der Waals surface area (Å²) in [6, 6.07) is 5.28. The number of nitrogens with zero attached hydrogens (tertiary/aromatic N) is 2. The van der Waals surface area contributed by atoms with E-state index < -0.39 is 0 Å². The Kier molecular flexibility index (Phi) is 8.61. The van der Waals surface area contributed by atoms with Crippen molar-refractivity contribution in [2.24, 2.45) is 10.9 Å². The summed E-state index contributed by atoms with van der Waals surface area (Å²) in [7, 11) is 1.72. The van der Waals surface area contributed by atoms with Crippen molar-refractivity contribution in [2.45, 2.75) is 39.8 Å². The van der Waals surface area contributed by atoms with E-state index in [0.29, 0.717) is 24.6 Å². The minimum atomic E-state index is -0.192. The molecule has 0 radical (unpaired) electrons. The first-order valence-electron chi connectivity index (χ1n) is 8.41. The standard InChI is InChI=1S/C18H27FN4O.HI/c1-12(2)17(24)23-8-7-15(11-23)22-18(20-4)21-10-14-5-6-16(19)13(3)9-14;/h5-6,9,12,15H,7-8,10-11H2,1-4H3,(H2,20,21,22);1H. The van der Waals surface area contributed by atoms with Gasteiger partial charge in [0.15, 0.2) is 5.96 Å². The Bertz CT molecular complexity index is 621. The maximum absolute atomic E-state index is 13.3. The monoisotopic (exact) mass is 462 g/mol. The van der Waals surface area contributed by atoms with Crippen LogP contribution >= 0.6 is 24.0 Å². The number of rotatable bonds is 4. The second-order valence-corrected chi connectivity index (χ2v) is 6.58. The lowest BCUT2D eigenvalue weighted by molar-refractivity contribution is -0.133.